The van der Waals surface area contributed by atoms with E-state index in [1.807, 2.05) is 6.07 Å². The highest BCUT2D eigenvalue weighted by atomic mass is 16.2. The van der Waals surface area contributed by atoms with E-state index in [1.54, 1.807) is 12.4 Å². The lowest BCUT2D eigenvalue weighted by atomic mass is 9.96. The molecular formula is C16H24N4O. The van der Waals surface area contributed by atoms with Crippen molar-refractivity contribution in [1.29, 1.82) is 0 Å². The Morgan fingerprint density at radius 3 is 2.43 bits per heavy atom. The van der Waals surface area contributed by atoms with Gasteiger partial charge in [0.2, 0.25) is 11.9 Å². The maximum absolute atomic E-state index is 12.7. The lowest BCUT2D eigenvalue weighted by Crippen LogP contribution is -2.45. The number of carbonyl (C=O) groups is 1. The Hall–Kier alpha value is -1.65. The number of anilines is 1. The van der Waals surface area contributed by atoms with Crippen molar-refractivity contribution in [2.45, 2.75) is 38.5 Å². The van der Waals surface area contributed by atoms with Crippen molar-refractivity contribution >= 4 is 11.9 Å². The van der Waals surface area contributed by atoms with Gasteiger partial charge in [-0.15, -0.1) is 0 Å². The highest BCUT2D eigenvalue weighted by Crippen LogP contribution is 2.23. The minimum absolute atomic E-state index is 0.112. The number of likely N-dealkylation sites (tertiary alicyclic amines) is 1. The van der Waals surface area contributed by atoms with E-state index in [2.05, 4.69) is 19.8 Å². The molecule has 5 heteroatoms. The van der Waals surface area contributed by atoms with Gasteiger partial charge in [0.05, 0.1) is 5.92 Å². The van der Waals surface area contributed by atoms with Crippen LogP contribution in [0.3, 0.4) is 0 Å². The monoisotopic (exact) mass is 288 g/mol. The van der Waals surface area contributed by atoms with Crippen molar-refractivity contribution < 1.29 is 4.79 Å². The molecule has 114 valence electrons. The largest absolute Gasteiger partial charge is 0.342 e. The van der Waals surface area contributed by atoms with Gasteiger partial charge < -0.3 is 9.80 Å². The lowest BCUT2D eigenvalue weighted by Gasteiger charge is -2.34. The predicted molar refractivity (Wildman–Crippen MR) is 82.0 cm³/mol. The minimum Gasteiger partial charge on any atom is -0.342 e. The number of amides is 1. The summed E-state index contributed by atoms with van der Waals surface area (Å²) in [4.78, 5) is 25.6. The van der Waals surface area contributed by atoms with Gasteiger partial charge in [-0.25, -0.2) is 9.97 Å². The van der Waals surface area contributed by atoms with Gasteiger partial charge in [0.1, 0.15) is 0 Å². The predicted octanol–water partition coefficient (Wildman–Crippen LogP) is 2.10. The molecule has 0 N–H and O–H groups in total. The van der Waals surface area contributed by atoms with E-state index in [0.717, 1.165) is 57.8 Å². The summed E-state index contributed by atoms with van der Waals surface area (Å²) < 4.78 is 0. The maximum Gasteiger partial charge on any atom is 0.227 e. The molecule has 21 heavy (non-hydrogen) atoms. The first kappa shape index (κ1) is 14.3. The number of nitrogens with zero attached hydrogens (tertiary/aromatic N) is 4. The highest BCUT2D eigenvalue weighted by Gasteiger charge is 2.30. The molecule has 1 amide bonds. The third-order valence-corrected chi connectivity index (χ3v) is 4.52. The molecule has 1 atom stereocenters. The van der Waals surface area contributed by atoms with Gasteiger partial charge in [0.15, 0.2) is 0 Å². The molecule has 3 heterocycles. The summed E-state index contributed by atoms with van der Waals surface area (Å²) in [5.74, 6) is 1.21. The average molecular weight is 288 g/mol. The molecule has 3 rings (SSSR count). The van der Waals surface area contributed by atoms with Crippen LogP contribution in [0.25, 0.3) is 0 Å². The molecular weight excluding hydrogens is 264 g/mol. The fraction of sp³-hybridized carbons (Fsp3) is 0.688. The van der Waals surface area contributed by atoms with E-state index in [4.69, 9.17) is 0 Å². The number of aromatic nitrogens is 2. The van der Waals surface area contributed by atoms with Crippen molar-refractivity contribution in [3.8, 4) is 0 Å². The first-order chi connectivity index (χ1) is 10.3. The summed E-state index contributed by atoms with van der Waals surface area (Å²) in [6.07, 6.45) is 10.4. The van der Waals surface area contributed by atoms with Crippen LogP contribution in [0.15, 0.2) is 18.5 Å². The van der Waals surface area contributed by atoms with E-state index in [9.17, 15) is 4.79 Å². The lowest BCUT2D eigenvalue weighted by molar-refractivity contribution is -0.135. The van der Waals surface area contributed by atoms with Gasteiger partial charge >= 0.3 is 0 Å². The van der Waals surface area contributed by atoms with Crippen LogP contribution in [-0.2, 0) is 4.79 Å². The second-order valence-corrected chi connectivity index (χ2v) is 6.07. The van der Waals surface area contributed by atoms with Gasteiger partial charge in [0.25, 0.3) is 0 Å². The Balaban J connectivity index is 1.63. The summed E-state index contributed by atoms with van der Waals surface area (Å²) in [5, 5.41) is 0. The molecule has 1 aromatic rings. The molecule has 0 spiro atoms. The van der Waals surface area contributed by atoms with Gasteiger partial charge in [-0.3, -0.25) is 4.79 Å². The number of rotatable bonds is 2. The SMILES string of the molecule is O=C(C1CCCN(c2ncccn2)C1)N1CCCCCC1. The van der Waals surface area contributed by atoms with E-state index >= 15 is 0 Å². The second kappa shape index (κ2) is 6.87. The first-order valence-corrected chi connectivity index (χ1v) is 8.15. The van der Waals surface area contributed by atoms with Gasteiger partial charge in [-0.05, 0) is 31.7 Å². The smallest absolute Gasteiger partial charge is 0.227 e. The maximum atomic E-state index is 12.7. The van der Waals surface area contributed by atoms with Gasteiger partial charge in [0, 0.05) is 38.6 Å². The van der Waals surface area contributed by atoms with Crippen LogP contribution < -0.4 is 4.90 Å². The Morgan fingerprint density at radius 1 is 1.00 bits per heavy atom. The third-order valence-electron chi connectivity index (χ3n) is 4.52. The Morgan fingerprint density at radius 2 is 1.71 bits per heavy atom. The zero-order valence-electron chi connectivity index (χ0n) is 12.6. The topological polar surface area (TPSA) is 49.3 Å². The summed E-state index contributed by atoms with van der Waals surface area (Å²) in [6, 6.07) is 1.83. The fourth-order valence-corrected chi connectivity index (χ4v) is 3.36. The molecule has 0 aromatic carbocycles. The molecule has 0 aliphatic carbocycles. The van der Waals surface area contributed by atoms with E-state index < -0.39 is 0 Å². The Labute approximate surface area is 126 Å². The average Bonchev–Trinajstić information content (AvgIpc) is 2.84. The highest BCUT2D eigenvalue weighted by molar-refractivity contribution is 5.79. The molecule has 1 aromatic heterocycles. The van der Waals surface area contributed by atoms with Crippen LogP contribution in [-0.4, -0.2) is 47.0 Å². The minimum atomic E-state index is 0.112. The zero-order chi connectivity index (χ0) is 14.5. The summed E-state index contributed by atoms with van der Waals surface area (Å²) in [5.41, 5.74) is 0. The molecule has 0 radical (unpaired) electrons. The standard InChI is InChI=1S/C16H24N4O/c21-15(19-10-3-1-2-4-11-19)14-7-5-12-20(13-14)16-17-8-6-9-18-16/h6,8-9,14H,1-5,7,10-13H2. The molecule has 2 fully saturated rings. The molecule has 2 saturated heterocycles. The third kappa shape index (κ3) is 3.52. The van der Waals surface area contributed by atoms with Crippen molar-refractivity contribution in [2.75, 3.05) is 31.1 Å². The number of carbonyl (C=O) groups excluding carboxylic acids is 1. The second-order valence-electron chi connectivity index (χ2n) is 6.07. The Kier molecular flexibility index (Phi) is 4.68. The number of hydrogen-bond donors (Lipinski definition) is 0. The molecule has 0 bridgehead atoms. The molecule has 0 saturated carbocycles. The molecule has 2 aliphatic rings. The van der Waals surface area contributed by atoms with Crippen molar-refractivity contribution in [3.05, 3.63) is 18.5 Å². The van der Waals surface area contributed by atoms with E-state index in [0.29, 0.717) is 5.91 Å². The van der Waals surface area contributed by atoms with Crippen LogP contribution in [0, 0.1) is 5.92 Å². The van der Waals surface area contributed by atoms with Gasteiger partial charge in [-0.1, -0.05) is 12.8 Å². The Bertz CT molecular complexity index is 457. The number of piperidine rings is 1. The summed E-state index contributed by atoms with van der Waals surface area (Å²) in [6.45, 7) is 3.60. The van der Waals surface area contributed by atoms with Crippen LogP contribution in [0.2, 0.25) is 0 Å². The summed E-state index contributed by atoms with van der Waals surface area (Å²) >= 11 is 0. The van der Waals surface area contributed by atoms with Crippen molar-refractivity contribution in [3.63, 3.8) is 0 Å². The molecule has 1 unspecified atom stereocenters. The normalized spacial score (nSPS) is 23.7. The van der Waals surface area contributed by atoms with Crippen molar-refractivity contribution in [2.24, 2.45) is 5.92 Å². The van der Waals surface area contributed by atoms with Crippen LogP contribution in [0.5, 0.6) is 0 Å². The van der Waals surface area contributed by atoms with Crippen molar-refractivity contribution in [1.82, 2.24) is 14.9 Å². The van der Waals surface area contributed by atoms with Crippen LogP contribution in [0.4, 0.5) is 5.95 Å². The van der Waals surface area contributed by atoms with Crippen LogP contribution in [0.1, 0.15) is 38.5 Å². The quantitative estimate of drug-likeness (QED) is 0.836. The molecule has 5 nitrogen and oxygen atoms in total. The van der Waals surface area contributed by atoms with E-state index in [1.165, 1.54) is 12.8 Å². The van der Waals surface area contributed by atoms with E-state index in [-0.39, 0.29) is 5.92 Å². The van der Waals surface area contributed by atoms with Crippen LogP contribution >= 0.6 is 0 Å². The first-order valence-electron chi connectivity index (χ1n) is 8.15. The zero-order valence-corrected chi connectivity index (χ0v) is 12.6. The fourth-order valence-electron chi connectivity index (χ4n) is 3.36. The van der Waals surface area contributed by atoms with Gasteiger partial charge in [-0.2, -0.15) is 0 Å². The molecule has 2 aliphatic heterocycles. The summed E-state index contributed by atoms with van der Waals surface area (Å²) in [7, 11) is 0. The number of hydrogen-bond acceptors (Lipinski definition) is 4.